The first-order valence-electron chi connectivity index (χ1n) is 13.1. The summed E-state index contributed by atoms with van der Waals surface area (Å²) in [5.74, 6) is -4.32. The van der Waals surface area contributed by atoms with E-state index in [9.17, 15) is 29.7 Å². The molecule has 4 aliphatic rings. The molecular weight excluding hydrogens is 464 g/mol. The molecule has 0 bridgehead atoms. The number of hydrogen-bond donors (Lipinski definition) is 3. The summed E-state index contributed by atoms with van der Waals surface area (Å²) in [6.07, 6.45) is 5.06. The SMILES string of the molecule is CCCCCC(=O)O[C@@]12[C@H](OC(C)=O)[C@@H](C)[C@@]3(O)[C@@H](C=C(CO)C[C@]4(O)C(=O)C(C)=C[C@@H]34)[C@H]1C2(C)C. The van der Waals surface area contributed by atoms with Crippen LogP contribution in [0.3, 0.4) is 0 Å². The highest BCUT2D eigenvalue weighted by Gasteiger charge is 2.87. The van der Waals surface area contributed by atoms with Crippen LogP contribution in [-0.2, 0) is 23.9 Å². The maximum absolute atomic E-state index is 13.1. The second-order valence-corrected chi connectivity index (χ2v) is 11.9. The van der Waals surface area contributed by atoms with Gasteiger partial charge in [0.2, 0.25) is 0 Å². The minimum atomic E-state index is -1.92. The Morgan fingerprint density at radius 3 is 2.42 bits per heavy atom. The van der Waals surface area contributed by atoms with Crippen LogP contribution in [0.25, 0.3) is 0 Å². The Balaban J connectivity index is 1.86. The molecular formula is C28H40O8. The topological polar surface area (TPSA) is 130 Å². The fourth-order valence-electron chi connectivity index (χ4n) is 7.76. The first-order chi connectivity index (χ1) is 16.7. The van der Waals surface area contributed by atoms with Crippen molar-refractivity contribution in [1.29, 1.82) is 0 Å². The second kappa shape index (κ2) is 8.77. The van der Waals surface area contributed by atoms with E-state index in [1.54, 1.807) is 26.0 Å². The molecule has 0 aromatic rings. The number of esters is 2. The fraction of sp³-hybridized carbons (Fsp3) is 0.750. The highest BCUT2D eigenvalue weighted by Crippen LogP contribution is 2.77. The highest BCUT2D eigenvalue weighted by molar-refractivity contribution is 6.04. The summed E-state index contributed by atoms with van der Waals surface area (Å²) in [7, 11) is 0. The summed E-state index contributed by atoms with van der Waals surface area (Å²) in [5, 5.41) is 34.3. The van der Waals surface area contributed by atoms with E-state index >= 15 is 0 Å². The summed E-state index contributed by atoms with van der Waals surface area (Å²) < 4.78 is 12.0. The Labute approximate surface area is 212 Å². The molecule has 8 nitrogen and oxygen atoms in total. The number of carbonyl (C=O) groups excluding carboxylic acids is 3. The predicted molar refractivity (Wildman–Crippen MR) is 130 cm³/mol. The van der Waals surface area contributed by atoms with Gasteiger partial charge in [-0.05, 0) is 24.5 Å². The van der Waals surface area contributed by atoms with Crippen LogP contribution >= 0.6 is 0 Å². The van der Waals surface area contributed by atoms with Gasteiger partial charge < -0.3 is 24.8 Å². The van der Waals surface area contributed by atoms with Gasteiger partial charge >= 0.3 is 11.9 Å². The molecule has 8 atom stereocenters. The molecule has 2 saturated carbocycles. The van der Waals surface area contributed by atoms with Crippen molar-refractivity contribution in [3.8, 4) is 0 Å². The number of unbranched alkanes of at least 4 members (excludes halogenated alkanes) is 2. The van der Waals surface area contributed by atoms with E-state index in [-0.39, 0.29) is 25.4 Å². The fourth-order valence-corrected chi connectivity index (χ4v) is 7.76. The van der Waals surface area contributed by atoms with Gasteiger partial charge in [0, 0.05) is 48.9 Å². The highest BCUT2D eigenvalue weighted by atomic mass is 16.6. The monoisotopic (exact) mass is 504 g/mol. The van der Waals surface area contributed by atoms with Gasteiger partial charge in [-0.15, -0.1) is 0 Å². The number of rotatable bonds is 7. The number of hydrogen-bond acceptors (Lipinski definition) is 8. The molecule has 36 heavy (non-hydrogen) atoms. The van der Waals surface area contributed by atoms with E-state index in [1.165, 1.54) is 6.92 Å². The van der Waals surface area contributed by atoms with Crippen LogP contribution in [0.5, 0.6) is 0 Å². The van der Waals surface area contributed by atoms with E-state index in [1.807, 2.05) is 20.8 Å². The van der Waals surface area contributed by atoms with Crippen LogP contribution in [0.15, 0.2) is 23.3 Å². The van der Waals surface area contributed by atoms with Crippen LogP contribution in [0.2, 0.25) is 0 Å². The summed E-state index contributed by atoms with van der Waals surface area (Å²) >= 11 is 0. The first-order valence-corrected chi connectivity index (χ1v) is 13.1. The third-order valence-corrected chi connectivity index (χ3v) is 9.52. The molecule has 8 heteroatoms. The van der Waals surface area contributed by atoms with Crippen LogP contribution in [0.1, 0.15) is 73.6 Å². The summed E-state index contributed by atoms with van der Waals surface area (Å²) in [5.41, 5.74) is -4.69. The molecule has 0 saturated heterocycles. The number of fused-ring (bicyclic) bond motifs is 5. The Kier molecular flexibility index (Phi) is 6.59. The average Bonchev–Trinajstić information content (AvgIpc) is 3.22. The molecule has 4 aliphatic carbocycles. The molecule has 3 N–H and O–H groups in total. The lowest BCUT2D eigenvalue weighted by Crippen LogP contribution is -2.66. The number of carbonyl (C=O) groups is 3. The molecule has 0 radical (unpaired) electrons. The van der Waals surface area contributed by atoms with Crippen molar-refractivity contribution >= 4 is 17.7 Å². The molecule has 0 unspecified atom stereocenters. The summed E-state index contributed by atoms with van der Waals surface area (Å²) in [6.45, 7) is 10.1. The number of ketones is 1. The van der Waals surface area contributed by atoms with Crippen molar-refractivity contribution in [3.05, 3.63) is 23.3 Å². The molecule has 0 aliphatic heterocycles. The van der Waals surface area contributed by atoms with Crippen LogP contribution in [0.4, 0.5) is 0 Å². The van der Waals surface area contributed by atoms with Crippen molar-refractivity contribution in [2.24, 2.45) is 29.1 Å². The lowest BCUT2D eigenvalue weighted by Gasteiger charge is -2.53. The van der Waals surface area contributed by atoms with Crippen molar-refractivity contribution in [1.82, 2.24) is 0 Å². The number of aliphatic hydroxyl groups is 3. The van der Waals surface area contributed by atoms with E-state index in [2.05, 4.69) is 0 Å². The Hall–Kier alpha value is -2.03. The molecule has 0 aromatic heterocycles. The van der Waals surface area contributed by atoms with Gasteiger partial charge in [0.25, 0.3) is 0 Å². The van der Waals surface area contributed by atoms with Gasteiger partial charge in [-0.3, -0.25) is 14.4 Å². The zero-order valence-corrected chi connectivity index (χ0v) is 22.2. The third-order valence-electron chi connectivity index (χ3n) is 9.52. The Bertz CT molecular complexity index is 1030. The van der Waals surface area contributed by atoms with Gasteiger partial charge in [-0.1, -0.05) is 52.7 Å². The second-order valence-electron chi connectivity index (χ2n) is 11.9. The standard InChI is InChI=1S/C28H40O8/c1-7-8-9-10-21(31)36-28-22(25(28,5)6)19-12-18(14-29)13-26(33)20(11-15(2)23(26)32)27(19,34)16(3)24(28)35-17(4)30/h11-12,16,19-20,22,24,29,33-34H,7-10,13-14H2,1-6H3/t16-,19+,20-,22+,24-,26-,27-,28-/m1/s1. The van der Waals surface area contributed by atoms with Crippen LogP contribution < -0.4 is 0 Å². The first kappa shape index (κ1) is 27.0. The maximum atomic E-state index is 13.1. The van der Waals surface area contributed by atoms with Crippen molar-refractivity contribution < 1.29 is 39.2 Å². The van der Waals surface area contributed by atoms with Gasteiger partial charge in [0.15, 0.2) is 11.4 Å². The molecule has 0 heterocycles. The minimum Gasteiger partial charge on any atom is -0.458 e. The van der Waals surface area contributed by atoms with Gasteiger partial charge in [0.1, 0.15) is 11.7 Å². The largest absolute Gasteiger partial charge is 0.458 e. The molecule has 0 amide bonds. The van der Waals surface area contributed by atoms with Crippen molar-refractivity contribution in [3.63, 3.8) is 0 Å². The van der Waals surface area contributed by atoms with Crippen LogP contribution in [-0.4, -0.2) is 62.6 Å². The lowest BCUT2D eigenvalue weighted by atomic mass is 9.59. The summed E-state index contributed by atoms with van der Waals surface area (Å²) in [6, 6.07) is 0. The lowest BCUT2D eigenvalue weighted by molar-refractivity contribution is -0.228. The van der Waals surface area contributed by atoms with Crippen molar-refractivity contribution in [2.75, 3.05) is 6.61 Å². The number of aliphatic hydroxyl groups excluding tert-OH is 1. The van der Waals surface area contributed by atoms with E-state index in [0.29, 0.717) is 17.6 Å². The maximum Gasteiger partial charge on any atom is 0.306 e. The zero-order valence-electron chi connectivity index (χ0n) is 22.2. The third kappa shape index (κ3) is 3.47. The Morgan fingerprint density at radius 2 is 1.83 bits per heavy atom. The average molecular weight is 505 g/mol. The smallest absolute Gasteiger partial charge is 0.306 e. The molecule has 0 spiro atoms. The molecule has 2 fully saturated rings. The normalized spacial score (nSPS) is 42.2. The molecule has 4 rings (SSSR count). The van der Waals surface area contributed by atoms with E-state index in [0.717, 1.165) is 12.8 Å². The van der Waals surface area contributed by atoms with Gasteiger partial charge in [0.05, 0.1) is 12.2 Å². The van der Waals surface area contributed by atoms with Gasteiger partial charge in [-0.25, -0.2) is 0 Å². The molecule has 200 valence electrons. The van der Waals surface area contributed by atoms with E-state index < -0.39 is 63.7 Å². The minimum absolute atomic E-state index is 0.110. The zero-order chi connectivity index (χ0) is 26.8. The van der Waals surface area contributed by atoms with E-state index in [4.69, 9.17) is 9.47 Å². The number of ether oxygens (including phenoxy) is 2. The summed E-state index contributed by atoms with van der Waals surface area (Å²) in [4.78, 5) is 38.4. The Morgan fingerprint density at radius 1 is 1.17 bits per heavy atom. The predicted octanol–water partition coefficient (Wildman–Crippen LogP) is 2.63. The van der Waals surface area contributed by atoms with Crippen LogP contribution in [0, 0.1) is 29.1 Å². The van der Waals surface area contributed by atoms with Gasteiger partial charge in [-0.2, -0.15) is 0 Å². The van der Waals surface area contributed by atoms with Crippen molar-refractivity contribution in [2.45, 2.75) is 96.6 Å². The number of Topliss-reactive ketones (excluding diaryl/α,β-unsaturated/α-hetero) is 1. The molecule has 0 aromatic carbocycles. The quantitative estimate of drug-likeness (QED) is 0.274.